The van der Waals surface area contributed by atoms with Gasteiger partial charge in [-0.1, -0.05) is 103 Å². The molecule has 4 aromatic carbocycles. The molecule has 0 fully saturated rings. The van der Waals surface area contributed by atoms with Crippen LogP contribution in [0.1, 0.15) is 43.4 Å². The van der Waals surface area contributed by atoms with Crippen molar-refractivity contribution in [2.45, 2.75) is 57.5 Å². The molecule has 0 aliphatic heterocycles. The number of unbranched alkanes of at least 4 members (excludes halogenated alkanes) is 1. The third kappa shape index (κ3) is 9.52. The summed E-state index contributed by atoms with van der Waals surface area (Å²) in [6.07, 6.45) is 1.82. The van der Waals surface area contributed by atoms with Crippen LogP contribution in [0.5, 0.6) is 5.75 Å². The molecule has 0 aromatic heterocycles. The minimum Gasteiger partial charge on any atom is -0.492 e. The van der Waals surface area contributed by atoms with Crippen molar-refractivity contribution >= 4 is 50.7 Å². The van der Waals surface area contributed by atoms with Gasteiger partial charge in [-0.05, 0) is 67.8 Å². The standard InChI is InChI=1S/C37H41Cl2N3O5S/c1-4-6-22-40-37(44)34(23-28-12-8-7-9-13-28)41(25-29-18-19-30(38)24-32(29)39)36(43)26-42(33-14-10-11-15-35(33)47-5-2)48(45,46)31-20-16-27(3)17-21-31/h7-21,24,34H,4-6,22-23,25-26H2,1-3H3,(H,40,44)/t34-/m0/s1. The van der Waals surface area contributed by atoms with Gasteiger partial charge in [-0.15, -0.1) is 0 Å². The third-order valence-electron chi connectivity index (χ3n) is 7.78. The van der Waals surface area contributed by atoms with Crippen LogP contribution in [0.15, 0.2) is 102 Å². The van der Waals surface area contributed by atoms with E-state index in [2.05, 4.69) is 5.32 Å². The number of ether oxygens (including phenoxy) is 1. The fourth-order valence-electron chi connectivity index (χ4n) is 5.19. The molecule has 4 aromatic rings. The van der Waals surface area contributed by atoms with E-state index in [-0.39, 0.29) is 36.1 Å². The highest BCUT2D eigenvalue weighted by atomic mass is 35.5. The molecule has 0 aliphatic rings. The lowest BCUT2D eigenvalue weighted by Gasteiger charge is -2.34. The molecular weight excluding hydrogens is 669 g/mol. The fraction of sp³-hybridized carbons (Fsp3) is 0.297. The van der Waals surface area contributed by atoms with E-state index >= 15 is 0 Å². The Bertz CT molecular complexity index is 1790. The Morgan fingerprint density at radius 2 is 1.58 bits per heavy atom. The molecule has 0 aliphatic carbocycles. The van der Waals surface area contributed by atoms with E-state index in [9.17, 15) is 18.0 Å². The Labute approximate surface area is 293 Å². The lowest BCUT2D eigenvalue weighted by molar-refractivity contribution is -0.140. The van der Waals surface area contributed by atoms with Crippen molar-refractivity contribution in [3.8, 4) is 5.75 Å². The second kappa shape index (κ2) is 17.4. The number of carbonyl (C=O) groups is 2. The molecule has 4 rings (SSSR count). The van der Waals surface area contributed by atoms with Crippen LogP contribution in [-0.4, -0.2) is 50.9 Å². The van der Waals surface area contributed by atoms with Crippen LogP contribution in [0.2, 0.25) is 10.0 Å². The van der Waals surface area contributed by atoms with Crippen LogP contribution in [-0.2, 0) is 32.6 Å². The summed E-state index contributed by atoms with van der Waals surface area (Å²) >= 11 is 12.8. The Kier molecular flexibility index (Phi) is 13.3. The van der Waals surface area contributed by atoms with Crippen molar-refractivity contribution < 1.29 is 22.7 Å². The summed E-state index contributed by atoms with van der Waals surface area (Å²) in [6.45, 7) is 5.71. The van der Waals surface area contributed by atoms with Gasteiger partial charge < -0.3 is 15.0 Å². The maximum Gasteiger partial charge on any atom is 0.264 e. The molecule has 1 N–H and O–H groups in total. The lowest BCUT2D eigenvalue weighted by atomic mass is 10.0. The molecule has 0 heterocycles. The van der Waals surface area contributed by atoms with E-state index in [1.807, 2.05) is 44.2 Å². The van der Waals surface area contributed by atoms with Gasteiger partial charge in [-0.3, -0.25) is 13.9 Å². The Morgan fingerprint density at radius 3 is 2.25 bits per heavy atom. The number of rotatable bonds is 16. The number of benzene rings is 4. The van der Waals surface area contributed by atoms with E-state index in [1.54, 1.807) is 61.5 Å². The highest BCUT2D eigenvalue weighted by molar-refractivity contribution is 7.92. The topological polar surface area (TPSA) is 96.0 Å². The number of aryl methyl sites for hydroxylation is 1. The van der Waals surface area contributed by atoms with Crippen LogP contribution in [0.25, 0.3) is 0 Å². The van der Waals surface area contributed by atoms with Gasteiger partial charge in [-0.2, -0.15) is 0 Å². The van der Waals surface area contributed by atoms with Gasteiger partial charge in [0.2, 0.25) is 11.8 Å². The maximum atomic E-state index is 14.7. The number of anilines is 1. The number of sulfonamides is 1. The largest absolute Gasteiger partial charge is 0.492 e. The second-order valence-electron chi connectivity index (χ2n) is 11.3. The van der Waals surface area contributed by atoms with Crippen LogP contribution < -0.4 is 14.4 Å². The van der Waals surface area contributed by atoms with E-state index in [0.29, 0.717) is 27.9 Å². The highest BCUT2D eigenvalue weighted by Gasteiger charge is 2.35. The first-order valence-electron chi connectivity index (χ1n) is 15.9. The zero-order valence-corrected chi connectivity index (χ0v) is 29.7. The molecule has 0 saturated carbocycles. The minimum atomic E-state index is -4.29. The number of hydrogen-bond acceptors (Lipinski definition) is 5. The molecule has 0 saturated heterocycles. The zero-order valence-electron chi connectivity index (χ0n) is 27.4. The van der Waals surface area contributed by atoms with E-state index in [1.165, 1.54) is 17.0 Å². The Morgan fingerprint density at radius 1 is 0.896 bits per heavy atom. The molecule has 1 atom stereocenters. The van der Waals surface area contributed by atoms with Gasteiger partial charge >= 0.3 is 0 Å². The van der Waals surface area contributed by atoms with Gasteiger partial charge in [0.1, 0.15) is 18.3 Å². The van der Waals surface area contributed by atoms with Gasteiger partial charge in [0.05, 0.1) is 17.2 Å². The molecule has 254 valence electrons. The average molecular weight is 711 g/mol. The van der Waals surface area contributed by atoms with Crippen molar-refractivity contribution in [2.75, 3.05) is 24.0 Å². The van der Waals surface area contributed by atoms with Gasteiger partial charge in [0, 0.05) is 29.6 Å². The first-order valence-corrected chi connectivity index (χ1v) is 18.1. The normalized spacial score (nSPS) is 11.9. The summed E-state index contributed by atoms with van der Waals surface area (Å²) in [7, 11) is -4.29. The number of nitrogens with one attached hydrogen (secondary N) is 1. The average Bonchev–Trinajstić information content (AvgIpc) is 3.07. The molecular formula is C37H41Cl2N3O5S. The van der Waals surface area contributed by atoms with E-state index in [0.717, 1.165) is 28.3 Å². The monoisotopic (exact) mass is 709 g/mol. The molecule has 8 nitrogen and oxygen atoms in total. The molecule has 0 bridgehead atoms. The van der Waals surface area contributed by atoms with Crippen molar-refractivity contribution in [1.82, 2.24) is 10.2 Å². The Balaban J connectivity index is 1.84. The molecule has 48 heavy (non-hydrogen) atoms. The van der Waals surface area contributed by atoms with E-state index < -0.39 is 28.5 Å². The molecule has 0 spiro atoms. The molecule has 0 radical (unpaired) electrons. The minimum absolute atomic E-state index is 0.0117. The highest BCUT2D eigenvalue weighted by Crippen LogP contribution is 2.33. The van der Waals surface area contributed by atoms with Gasteiger partial charge in [0.15, 0.2) is 0 Å². The summed E-state index contributed by atoms with van der Waals surface area (Å²) in [4.78, 5) is 30.1. The first kappa shape index (κ1) is 36.8. The summed E-state index contributed by atoms with van der Waals surface area (Å²) < 4.78 is 35.6. The fourth-order valence-corrected chi connectivity index (χ4v) is 7.08. The maximum absolute atomic E-state index is 14.7. The second-order valence-corrected chi connectivity index (χ2v) is 14.0. The zero-order chi connectivity index (χ0) is 34.7. The van der Waals surface area contributed by atoms with E-state index in [4.69, 9.17) is 27.9 Å². The Hall–Kier alpha value is -4.05. The number of halogens is 2. The quantitative estimate of drug-likeness (QED) is 0.122. The van der Waals surface area contributed by atoms with Crippen molar-refractivity contribution in [2.24, 2.45) is 0 Å². The number of carbonyl (C=O) groups excluding carboxylic acids is 2. The van der Waals surface area contributed by atoms with Crippen LogP contribution in [0.3, 0.4) is 0 Å². The van der Waals surface area contributed by atoms with Crippen molar-refractivity contribution in [3.63, 3.8) is 0 Å². The number of nitrogens with zero attached hydrogens (tertiary/aromatic N) is 2. The summed E-state index contributed by atoms with van der Waals surface area (Å²) in [5, 5.41) is 3.72. The SMILES string of the molecule is CCCCNC(=O)[C@H](Cc1ccccc1)N(Cc1ccc(Cl)cc1Cl)C(=O)CN(c1ccccc1OCC)S(=O)(=O)c1ccc(C)cc1. The van der Waals surface area contributed by atoms with Crippen LogP contribution in [0.4, 0.5) is 5.69 Å². The number of amides is 2. The smallest absolute Gasteiger partial charge is 0.264 e. The summed E-state index contributed by atoms with van der Waals surface area (Å²) in [6, 6.07) is 26.4. The van der Waals surface area contributed by atoms with Crippen molar-refractivity contribution in [1.29, 1.82) is 0 Å². The van der Waals surface area contributed by atoms with Gasteiger partial charge in [0.25, 0.3) is 10.0 Å². The lowest BCUT2D eigenvalue weighted by Crippen LogP contribution is -2.53. The van der Waals surface area contributed by atoms with Crippen LogP contribution >= 0.6 is 23.2 Å². The van der Waals surface area contributed by atoms with Gasteiger partial charge in [-0.25, -0.2) is 8.42 Å². The molecule has 0 unspecified atom stereocenters. The third-order valence-corrected chi connectivity index (χ3v) is 10.1. The van der Waals surface area contributed by atoms with Crippen LogP contribution in [0, 0.1) is 6.92 Å². The predicted octanol–water partition coefficient (Wildman–Crippen LogP) is 7.45. The molecule has 2 amide bonds. The summed E-state index contributed by atoms with van der Waals surface area (Å²) in [5.41, 5.74) is 2.47. The summed E-state index contributed by atoms with van der Waals surface area (Å²) in [5.74, 6) is -0.656. The first-order chi connectivity index (χ1) is 23.0. The molecule has 11 heteroatoms. The predicted molar refractivity (Wildman–Crippen MR) is 192 cm³/mol. The van der Waals surface area contributed by atoms with Crippen molar-refractivity contribution in [3.05, 3.63) is 124 Å². The number of hydrogen-bond donors (Lipinski definition) is 1. The number of para-hydroxylation sites is 2.